The van der Waals surface area contributed by atoms with Gasteiger partial charge in [-0.05, 0) is 66.7 Å². The van der Waals surface area contributed by atoms with Crippen LogP contribution in [-0.2, 0) is 0 Å². The zero-order chi connectivity index (χ0) is 32.8. The van der Waals surface area contributed by atoms with E-state index in [1.54, 1.807) is 0 Å². The van der Waals surface area contributed by atoms with E-state index in [2.05, 4.69) is 127 Å². The molecule has 8 nitrogen and oxygen atoms in total. The third-order valence-electron chi connectivity index (χ3n) is 9.74. The topological polar surface area (TPSA) is 71.3 Å². The summed E-state index contributed by atoms with van der Waals surface area (Å²) in [5.74, 6) is 1.29. The zero-order valence-electron chi connectivity index (χ0n) is 26.6. The Hall–Kier alpha value is -7.06. The molecule has 0 saturated carbocycles. The van der Waals surface area contributed by atoms with Crippen molar-refractivity contribution in [2.75, 3.05) is 0 Å². The summed E-state index contributed by atoms with van der Waals surface area (Å²) in [5.41, 5.74) is 10.0. The number of aromatic nitrogens is 8. The largest absolute Gasteiger partial charge is 0.295 e. The average Bonchev–Trinajstić information content (AvgIpc) is 3.90. The number of fused-ring (bicyclic) bond motifs is 10. The van der Waals surface area contributed by atoms with Crippen LogP contribution in [0.2, 0.25) is 0 Å². The average molecular weight is 643 g/mol. The lowest BCUT2D eigenvalue weighted by Crippen LogP contribution is -2.09. The molecule has 0 aliphatic rings. The van der Waals surface area contributed by atoms with E-state index in [9.17, 15) is 0 Å². The molecule has 0 spiro atoms. The van der Waals surface area contributed by atoms with Gasteiger partial charge in [0.2, 0.25) is 5.95 Å². The van der Waals surface area contributed by atoms with Crippen molar-refractivity contribution in [3.63, 3.8) is 0 Å². The quantitative estimate of drug-likeness (QED) is 0.192. The number of nitrogens with zero attached hydrogens (tertiary/aromatic N) is 8. The molecule has 11 aromatic rings. The van der Waals surface area contributed by atoms with Gasteiger partial charge in [-0.15, -0.1) is 0 Å². The summed E-state index contributed by atoms with van der Waals surface area (Å²) < 4.78 is 8.99. The third-order valence-corrected chi connectivity index (χ3v) is 9.74. The van der Waals surface area contributed by atoms with Gasteiger partial charge in [0.25, 0.3) is 0 Å². The highest BCUT2D eigenvalue weighted by Crippen LogP contribution is 2.41. The Morgan fingerprint density at radius 3 is 1.42 bits per heavy atom. The van der Waals surface area contributed by atoms with Crippen molar-refractivity contribution in [3.05, 3.63) is 158 Å². The molecule has 0 radical (unpaired) electrons. The fourth-order valence-electron chi connectivity index (χ4n) is 7.79. The van der Waals surface area contributed by atoms with E-state index in [1.807, 2.05) is 48.9 Å². The van der Waals surface area contributed by atoms with Crippen LogP contribution in [0.25, 0.3) is 89.1 Å². The van der Waals surface area contributed by atoms with E-state index in [1.165, 1.54) is 0 Å². The molecule has 7 heterocycles. The predicted octanol–water partition coefficient (Wildman–Crippen LogP) is 9.35. The summed E-state index contributed by atoms with van der Waals surface area (Å²) in [7, 11) is 0. The highest BCUT2D eigenvalue weighted by atomic mass is 15.3. The monoisotopic (exact) mass is 642 g/mol. The predicted molar refractivity (Wildman–Crippen MR) is 200 cm³/mol. The molecule has 4 aromatic carbocycles. The Kier molecular flexibility index (Phi) is 5.51. The molecule has 0 bridgehead atoms. The van der Waals surface area contributed by atoms with Crippen LogP contribution in [0.5, 0.6) is 0 Å². The van der Waals surface area contributed by atoms with Gasteiger partial charge in [0.05, 0.1) is 43.9 Å². The highest BCUT2D eigenvalue weighted by Gasteiger charge is 2.26. The second kappa shape index (κ2) is 10.2. The minimum atomic E-state index is 0.553. The minimum absolute atomic E-state index is 0.553. The summed E-state index contributed by atoms with van der Waals surface area (Å²) in [6.07, 6.45) is 5.57. The Morgan fingerprint density at radius 2 is 0.840 bits per heavy atom. The van der Waals surface area contributed by atoms with Crippen molar-refractivity contribution in [2.24, 2.45) is 0 Å². The number of hydrogen-bond donors (Lipinski definition) is 0. The van der Waals surface area contributed by atoms with E-state index < -0.39 is 0 Å². The normalized spacial score (nSPS) is 12.0. The maximum atomic E-state index is 5.40. The number of rotatable bonds is 4. The molecule has 0 fully saturated rings. The Labute approximate surface area is 284 Å². The van der Waals surface area contributed by atoms with Crippen LogP contribution >= 0.6 is 0 Å². The second-order valence-electron chi connectivity index (χ2n) is 12.4. The van der Waals surface area contributed by atoms with Gasteiger partial charge in [-0.2, -0.15) is 4.98 Å². The SMILES string of the molecule is c1ccc(-n2c3ccccc3c3c4ncccc4n(-c4ccnc(-n5c6cccnc6c6c7ccccc7n(-c7ccccc7)c65)n4)c32)cc1. The number of hydrogen-bond acceptors (Lipinski definition) is 4. The highest BCUT2D eigenvalue weighted by molar-refractivity contribution is 6.22. The van der Waals surface area contributed by atoms with Gasteiger partial charge in [0.15, 0.2) is 0 Å². The fourth-order valence-corrected chi connectivity index (χ4v) is 7.79. The lowest BCUT2D eigenvalue weighted by molar-refractivity contribution is 0.921. The lowest BCUT2D eigenvalue weighted by atomic mass is 10.2. The van der Waals surface area contributed by atoms with E-state index >= 15 is 0 Å². The van der Waals surface area contributed by atoms with Crippen LogP contribution in [-0.4, -0.2) is 38.2 Å². The van der Waals surface area contributed by atoms with Gasteiger partial charge in [-0.3, -0.25) is 28.2 Å². The maximum absolute atomic E-state index is 5.40. The molecule has 234 valence electrons. The Bertz CT molecular complexity index is 2880. The summed E-state index contributed by atoms with van der Waals surface area (Å²) in [5, 5.41) is 4.42. The summed E-state index contributed by atoms with van der Waals surface area (Å²) in [6, 6.07) is 48.1. The molecular weight excluding hydrogens is 617 g/mol. The molecule has 0 aliphatic heterocycles. The molecule has 0 N–H and O–H groups in total. The fraction of sp³-hybridized carbons (Fsp3) is 0. The molecule has 0 atom stereocenters. The van der Waals surface area contributed by atoms with Crippen LogP contribution in [0.4, 0.5) is 0 Å². The van der Waals surface area contributed by atoms with Gasteiger partial charge in [0.1, 0.15) is 17.1 Å². The van der Waals surface area contributed by atoms with E-state index in [0.717, 1.165) is 83.1 Å². The van der Waals surface area contributed by atoms with Crippen LogP contribution in [0, 0.1) is 0 Å². The number of benzene rings is 4. The van der Waals surface area contributed by atoms with Crippen molar-refractivity contribution in [2.45, 2.75) is 0 Å². The zero-order valence-corrected chi connectivity index (χ0v) is 26.6. The second-order valence-corrected chi connectivity index (χ2v) is 12.4. The van der Waals surface area contributed by atoms with Crippen LogP contribution < -0.4 is 0 Å². The first-order valence-electron chi connectivity index (χ1n) is 16.6. The first kappa shape index (κ1) is 26.9. The van der Waals surface area contributed by atoms with E-state index in [0.29, 0.717) is 5.95 Å². The smallest absolute Gasteiger partial charge is 0.237 e. The molecule has 0 amide bonds. The van der Waals surface area contributed by atoms with Gasteiger partial charge in [-0.25, -0.2) is 4.98 Å². The van der Waals surface area contributed by atoms with E-state index in [-0.39, 0.29) is 0 Å². The first-order chi connectivity index (χ1) is 24.9. The van der Waals surface area contributed by atoms with Crippen molar-refractivity contribution < 1.29 is 0 Å². The lowest BCUT2D eigenvalue weighted by Gasteiger charge is -2.14. The number of pyridine rings is 2. The van der Waals surface area contributed by atoms with Gasteiger partial charge in [0, 0.05) is 40.7 Å². The molecule has 8 heteroatoms. The summed E-state index contributed by atoms with van der Waals surface area (Å²) >= 11 is 0. The summed E-state index contributed by atoms with van der Waals surface area (Å²) in [6.45, 7) is 0. The molecule has 0 unspecified atom stereocenters. The maximum Gasteiger partial charge on any atom is 0.237 e. The number of para-hydroxylation sites is 4. The first-order valence-corrected chi connectivity index (χ1v) is 16.6. The minimum Gasteiger partial charge on any atom is -0.295 e. The molecule has 0 saturated heterocycles. The van der Waals surface area contributed by atoms with E-state index in [4.69, 9.17) is 19.9 Å². The van der Waals surface area contributed by atoms with Crippen LogP contribution in [0.1, 0.15) is 0 Å². The molecular formula is C42H26N8. The Balaban J connectivity index is 1.27. The standard InChI is InChI=1S/C42H26N8/c1-3-13-27(14-4-1)47-31-19-9-7-17-29(31)36-38-33(21-11-24-43-38)49(40(36)47)35-23-26-45-42(46-35)50-34-22-12-25-44-39(34)37-30-18-8-10-20-32(30)48(41(37)50)28-15-5-2-6-16-28/h1-26H. The molecule has 0 aliphatic carbocycles. The van der Waals surface area contributed by atoms with Crippen molar-refractivity contribution >= 4 is 65.9 Å². The van der Waals surface area contributed by atoms with Crippen molar-refractivity contribution in [1.82, 2.24) is 38.2 Å². The van der Waals surface area contributed by atoms with Gasteiger partial charge in [-0.1, -0.05) is 72.8 Å². The summed E-state index contributed by atoms with van der Waals surface area (Å²) in [4.78, 5) is 20.2. The van der Waals surface area contributed by atoms with Crippen LogP contribution in [0.15, 0.2) is 158 Å². The third kappa shape index (κ3) is 3.59. The molecule has 11 rings (SSSR count). The van der Waals surface area contributed by atoms with Crippen molar-refractivity contribution in [1.29, 1.82) is 0 Å². The van der Waals surface area contributed by atoms with Crippen molar-refractivity contribution in [3.8, 4) is 23.1 Å². The van der Waals surface area contributed by atoms with Crippen LogP contribution in [0.3, 0.4) is 0 Å². The molecule has 50 heavy (non-hydrogen) atoms. The molecule has 7 aromatic heterocycles. The Morgan fingerprint density at radius 1 is 0.360 bits per heavy atom. The van der Waals surface area contributed by atoms with Gasteiger partial charge >= 0.3 is 0 Å². The van der Waals surface area contributed by atoms with Gasteiger partial charge < -0.3 is 0 Å².